The summed E-state index contributed by atoms with van der Waals surface area (Å²) in [5.41, 5.74) is 0.971. The lowest BCUT2D eigenvalue weighted by molar-refractivity contribution is 0.0928. The molecule has 0 aromatic heterocycles. The first-order valence-electron chi connectivity index (χ1n) is 6.61. The van der Waals surface area contributed by atoms with Gasteiger partial charge in [-0.1, -0.05) is 30.3 Å². The number of carbonyl (C=O) groups excluding carboxylic acids is 1. The minimum atomic E-state index is -0.314. The predicted octanol–water partition coefficient (Wildman–Crippen LogP) is 3.04. The van der Waals surface area contributed by atoms with Gasteiger partial charge in [0.05, 0.1) is 12.5 Å². The highest BCUT2D eigenvalue weighted by atomic mass is 32.2. The number of benzene rings is 1. The Bertz CT molecular complexity index is 486. The quantitative estimate of drug-likeness (QED) is 0.855. The third-order valence-corrected chi connectivity index (χ3v) is 4.48. The van der Waals surface area contributed by atoms with Crippen molar-refractivity contribution in [1.82, 2.24) is 4.90 Å². The average Bonchev–Trinajstić information content (AvgIpc) is 2.89. The summed E-state index contributed by atoms with van der Waals surface area (Å²) in [7, 11) is 0. The Balaban J connectivity index is 1.92. The number of nitriles is 1. The summed E-state index contributed by atoms with van der Waals surface area (Å²) in [5, 5.41) is 9.26. The van der Waals surface area contributed by atoms with Gasteiger partial charge in [-0.25, -0.2) is 4.79 Å². The minimum absolute atomic E-state index is 0.0132. The highest BCUT2D eigenvalue weighted by Crippen LogP contribution is 2.28. The van der Waals surface area contributed by atoms with E-state index in [-0.39, 0.29) is 18.7 Å². The van der Waals surface area contributed by atoms with E-state index in [1.807, 2.05) is 36.6 Å². The summed E-state index contributed by atoms with van der Waals surface area (Å²) in [6, 6.07) is 11.8. The van der Waals surface area contributed by atoms with Crippen LogP contribution in [0.4, 0.5) is 4.79 Å². The van der Waals surface area contributed by atoms with Crippen LogP contribution in [0.3, 0.4) is 0 Å². The highest BCUT2D eigenvalue weighted by molar-refractivity contribution is 7.99. The number of ether oxygens (including phenoxy) is 1. The second-order valence-electron chi connectivity index (χ2n) is 4.80. The van der Waals surface area contributed by atoms with Crippen LogP contribution in [-0.2, 0) is 11.3 Å². The topological polar surface area (TPSA) is 53.3 Å². The molecule has 0 spiro atoms. The van der Waals surface area contributed by atoms with Crippen molar-refractivity contribution in [2.75, 3.05) is 12.8 Å². The molecule has 0 aliphatic carbocycles. The molecule has 2 atom stereocenters. The van der Waals surface area contributed by atoms with Gasteiger partial charge >= 0.3 is 6.09 Å². The van der Waals surface area contributed by atoms with E-state index in [2.05, 4.69) is 6.07 Å². The van der Waals surface area contributed by atoms with Gasteiger partial charge in [0.1, 0.15) is 6.61 Å². The zero-order valence-electron chi connectivity index (χ0n) is 11.5. The van der Waals surface area contributed by atoms with E-state index in [0.29, 0.717) is 18.2 Å². The maximum absolute atomic E-state index is 12.2. The fraction of sp³-hybridized carbons (Fsp3) is 0.467. The monoisotopic (exact) mass is 290 g/mol. The second-order valence-corrected chi connectivity index (χ2v) is 5.94. The van der Waals surface area contributed by atoms with Crippen molar-refractivity contribution in [3.05, 3.63) is 35.9 Å². The van der Waals surface area contributed by atoms with Crippen LogP contribution >= 0.6 is 11.8 Å². The SMILES string of the molecule is CSC1CC(CC#N)N(C(=O)OCc2ccccc2)C1. The predicted molar refractivity (Wildman–Crippen MR) is 79.3 cm³/mol. The van der Waals surface area contributed by atoms with Crippen LogP contribution in [0.5, 0.6) is 0 Å². The van der Waals surface area contributed by atoms with E-state index in [1.165, 1.54) is 0 Å². The Morgan fingerprint density at radius 2 is 2.25 bits per heavy atom. The summed E-state index contributed by atoms with van der Waals surface area (Å²) >= 11 is 1.74. The largest absolute Gasteiger partial charge is 0.445 e. The van der Waals surface area contributed by atoms with Crippen LogP contribution in [0, 0.1) is 11.3 Å². The molecule has 106 valence electrons. The second kappa shape index (κ2) is 7.20. The fourth-order valence-electron chi connectivity index (χ4n) is 2.37. The van der Waals surface area contributed by atoms with Crippen LogP contribution in [0.1, 0.15) is 18.4 Å². The molecule has 1 aromatic carbocycles. The number of hydrogen-bond acceptors (Lipinski definition) is 4. The molecule has 1 fully saturated rings. The van der Waals surface area contributed by atoms with Gasteiger partial charge in [-0.05, 0) is 18.2 Å². The summed E-state index contributed by atoms with van der Waals surface area (Å²) in [6.07, 6.45) is 2.96. The van der Waals surface area contributed by atoms with Gasteiger partial charge < -0.3 is 9.64 Å². The number of hydrogen-bond donors (Lipinski definition) is 0. The minimum Gasteiger partial charge on any atom is -0.445 e. The molecule has 2 unspecified atom stereocenters. The molecule has 2 rings (SSSR count). The van der Waals surface area contributed by atoms with Crippen molar-refractivity contribution >= 4 is 17.9 Å². The Morgan fingerprint density at radius 3 is 2.90 bits per heavy atom. The van der Waals surface area contributed by atoms with Gasteiger partial charge in [0.2, 0.25) is 0 Å². The van der Waals surface area contributed by atoms with E-state index in [4.69, 9.17) is 10.00 Å². The van der Waals surface area contributed by atoms with Gasteiger partial charge in [-0.2, -0.15) is 17.0 Å². The van der Waals surface area contributed by atoms with Crippen LogP contribution < -0.4 is 0 Å². The van der Waals surface area contributed by atoms with Gasteiger partial charge in [0, 0.05) is 17.8 Å². The lowest BCUT2D eigenvalue weighted by Gasteiger charge is -2.22. The first kappa shape index (κ1) is 14.7. The van der Waals surface area contributed by atoms with Gasteiger partial charge in [-0.3, -0.25) is 0 Å². The summed E-state index contributed by atoms with van der Waals surface area (Å²) in [5.74, 6) is 0. The summed E-state index contributed by atoms with van der Waals surface area (Å²) in [4.78, 5) is 13.9. The Labute approximate surface area is 123 Å². The maximum atomic E-state index is 12.2. The molecule has 0 bridgehead atoms. The Kier molecular flexibility index (Phi) is 5.31. The smallest absolute Gasteiger partial charge is 0.410 e. The van der Waals surface area contributed by atoms with Crippen LogP contribution in [-0.4, -0.2) is 35.1 Å². The molecule has 1 amide bonds. The molecule has 0 saturated carbocycles. The zero-order chi connectivity index (χ0) is 14.4. The van der Waals surface area contributed by atoms with E-state index in [1.54, 1.807) is 16.7 Å². The van der Waals surface area contributed by atoms with Gasteiger partial charge in [-0.15, -0.1) is 0 Å². The molecule has 0 radical (unpaired) electrons. The molecule has 20 heavy (non-hydrogen) atoms. The van der Waals surface area contributed by atoms with E-state index < -0.39 is 0 Å². The van der Waals surface area contributed by atoms with Gasteiger partial charge in [0.25, 0.3) is 0 Å². The number of nitrogens with zero attached hydrogens (tertiary/aromatic N) is 2. The molecule has 1 aliphatic rings. The Hall–Kier alpha value is -1.67. The molecule has 4 nitrogen and oxygen atoms in total. The molecule has 1 aliphatic heterocycles. The zero-order valence-corrected chi connectivity index (χ0v) is 12.3. The summed E-state index contributed by atoms with van der Waals surface area (Å²) in [6.45, 7) is 0.945. The van der Waals surface area contributed by atoms with Crippen molar-refractivity contribution in [2.24, 2.45) is 0 Å². The van der Waals surface area contributed by atoms with Crippen molar-refractivity contribution in [2.45, 2.75) is 30.7 Å². The molecule has 1 heterocycles. The summed E-state index contributed by atoms with van der Waals surface area (Å²) < 4.78 is 5.35. The van der Waals surface area contributed by atoms with Crippen LogP contribution in [0.15, 0.2) is 30.3 Å². The third-order valence-electron chi connectivity index (χ3n) is 3.48. The lowest BCUT2D eigenvalue weighted by Crippen LogP contribution is -2.36. The number of carbonyl (C=O) groups is 1. The number of thioether (sulfide) groups is 1. The van der Waals surface area contributed by atoms with Crippen molar-refractivity contribution in [3.8, 4) is 6.07 Å². The Morgan fingerprint density at radius 1 is 1.50 bits per heavy atom. The van der Waals surface area contributed by atoms with E-state index in [9.17, 15) is 4.79 Å². The normalized spacial score (nSPS) is 21.5. The van der Waals surface area contributed by atoms with E-state index >= 15 is 0 Å². The lowest BCUT2D eigenvalue weighted by atomic mass is 10.2. The first-order chi connectivity index (χ1) is 9.74. The van der Waals surface area contributed by atoms with Gasteiger partial charge in [0.15, 0.2) is 0 Å². The third kappa shape index (κ3) is 3.67. The van der Waals surface area contributed by atoms with Crippen molar-refractivity contribution in [1.29, 1.82) is 5.26 Å². The molecule has 1 aromatic rings. The number of likely N-dealkylation sites (tertiary alicyclic amines) is 1. The fourth-order valence-corrected chi connectivity index (χ4v) is 3.09. The van der Waals surface area contributed by atoms with Crippen LogP contribution in [0.2, 0.25) is 0 Å². The first-order valence-corrected chi connectivity index (χ1v) is 7.90. The number of rotatable bonds is 4. The number of amides is 1. The average molecular weight is 290 g/mol. The standard InChI is InChI=1S/C15H18N2O2S/c1-20-14-9-13(7-8-16)17(10-14)15(18)19-11-12-5-3-2-4-6-12/h2-6,13-14H,7,9-11H2,1H3. The van der Waals surface area contributed by atoms with E-state index in [0.717, 1.165) is 12.0 Å². The highest BCUT2D eigenvalue weighted by Gasteiger charge is 2.35. The maximum Gasteiger partial charge on any atom is 0.410 e. The molecular weight excluding hydrogens is 272 g/mol. The van der Waals surface area contributed by atoms with Crippen molar-refractivity contribution in [3.63, 3.8) is 0 Å². The molecular formula is C15H18N2O2S. The van der Waals surface area contributed by atoms with Crippen LogP contribution in [0.25, 0.3) is 0 Å². The molecule has 5 heteroatoms. The molecule has 0 N–H and O–H groups in total. The molecule has 1 saturated heterocycles. The van der Waals surface area contributed by atoms with Crippen molar-refractivity contribution < 1.29 is 9.53 Å².